The summed E-state index contributed by atoms with van der Waals surface area (Å²) in [6.45, 7) is 3.33. The predicted molar refractivity (Wildman–Crippen MR) is 123 cm³/mol. The van der Waals surface area contributed by atoms with Crippen LogP contribution >= 0.6 is 34.0 Å². The Morgan fingerprint density at radius 3 is 2.59 bits per heavy atom. The van der Waals surface area contributed by atoms with E-state index in [1.165, 1.54) is 34.0 Å². The molecule has 166 valence electrons. The van der Waals surface area contributed by atoms with E-state index in [4.69, 9.17) is 9.47 Å². The minimum atomic E-state index is -0.688. The van der Waals surface area contributed by atoms with E-state index in [1.54, 1.807) is 13.8 Å². The highest BCUT2D eigenvalue weighted by atomic mass is 32.1. The number of aryl methyl sites for hydroxylation is 1. The summed E-state index contributed by atoms with van der Waals surface area (Å²) in [5.41, 5.74) is 0.968. The number of amides is 2. The molecule has 32 heavy (non-hydrogen) atoms. The van der Waals surface area contributed by atoms with Crippen molar-refractivity contribution >= 4 is 52.0 Å². The molecule has 4 rings (SSSR count). The van der Waals surface area contributed by atoms with E-state index in [9.17, 15) is 14.4 Å². The van der Waals surface area contributed by atoms with Crippen molar-refractivity contribution in [2.45, 2.75) is 19.9 Å². The molecule has 2 amide bonds. The Hall–Kier alpha value is -3.02. The molecule has 3 aromatic heterocycles. The van der Waals surface area contributed by atoms with Gasteiger partial charge in [-0.15, -0.1) is 34.0 Å². The lowest BCUT2D eigenvalue weighted by Crippen LogP contribution is -2.46. The summed E-state index contributed by atoms with van der Waals surface area (Å²) in [6, 6.07) is 6.32. The second-order valence-electron chi connectivity index (χ2n) is 6.65. The largest absolute Gasteiger partial charge is 0.463 e. The molecule has 0 spiro atoms. The topological polar surface area (TPSA) is 107 Å². The van der Waals surface area contributed by atoms with Gasteiger partial charge in [0.1, 0.15) is 16.5 Å². The first-order valence-electron chi connectivity index (χ1n) is 9.67. The molecule has 1 atom stereocenters. The van der Waals surface area contributed by atoms with Crippen LogP contribution in [0.25, 0.3) is 9.88 Å². The molecule has 0 aromatic carbocycles. The number of rotatable bonds is 7. The van der Waals surface area contributed by atoms with Crippen LogP contribution in [0.2, 0.25) is 0 Å². The van der Waals surface area contributed by atoms with Crippen molar-refractivity contribution in [3.05, 3.63) is 61.7 Å². The van der Waals surface area contributed by atoms with Crippen LogP contribution in [-0.2, 0) is 14.3 Å². The van der Waals surface area contributed by atoms with Crippen LogP contribution in [0, 0.1) is 6.92 Å². The van der Waals surface area contributed by atoms with Gasteiger partial charge in [-0.3, -0.25) is 0 Å². The third-order valence-electron chi connectivity index (χ3n) is 4.54. The van der Waals surface area contributed by atoms with Crippen molar-refractivity contribution in [1.82, 2.24) is 15.6 Å². The van der Waals surface area contributed by atoms with Crippen LogP contribution in [0.5, 0.6) is 0 Å². The number of esters is 2. The first-order valence-corrected chi connectivity index (χ1v) is 12.2. The quantitative estimate of drug-likeness (QED) is 0.480. The number of ether oxygens (including phenoxy) is 2. The fourth-order valence-electron chi connectivity index (χ4n) is 3.15. The molecule has 0 fully saturated rings. The molecule has 2 N–H and O–H groups in total. The molecule has 0 radical (unpaired) electrons. The standard InChI is InChI=1S/C21H19N3O5S3/c1-3-28-19(25)15-12(23-21(27)24-16(15)13-6-4-8-30-13)10-29-20(26)17-11(2)22-18(32-17)14-7-5-9-31-14/h4-9,16H,3,10H2,1-2H3,(H2,23,24,27). The zero-order valence-corrected chi connectivity index (χ0v) is 19.6. The van der Waals surface area contributed by atoms with Gasteiger partial charge in [-0.1, -0.05) is 12.1 Å². The smallest absolute Gasteiger partial charge is 0.350 e. The lowest BCUT2D eigenvalue weighted by molar-refractivity contribution is -0.139. The maximum absolute atomic E-state index is 12.8. The Morgan fingerprint density at radius 2 is 1.91 bits per heavy atom. The van der Waals surface area contributed by atoms with Crippen LogP contribution in [0.4, 0.5) is 4.79 Å². The number of thiophene rings is 2. The van der Waals surface area contributed by atoms with E-state index in [1.807, 2.05) is 35.0 Å². The maximum Gasteiger partial charge on any atom is 0.350 e. The van der Waals surface area contributed by atoms with E-state index in [-0.39, 0.29) is 24.5 Å². The Labute approximate surface area is 195 Å². The number of hydrogen-bond donors (Lipinski definition) is 2. The third-order valence-corrected chi connectivity index (χ3v) is 7.65. The minimum absolute atomic E-state index is 0.173. The number of nitrogens with zero attached hydrogens (tertiary/aromatic N) is 1. The van der Waals surface area contributed by atoms with E-state index in [0.29, 0.717) is 10.6 Å². The molecule has 0 aliphatic carbocycles. The highest BCUT2D eigenvalue weighted by Gasteiger charge is 2.35. The summed E-state index contributed by atoms with van der Waals surface area (Å²) in [6.07, 6.45) is 0. The van der Waals surface area contributed by atoms with Crippen molar-refractivity contribution in [3.8, 4) is 9.88 Å². The Bertz CT molecular complexity index is 1170. The SMILES string of the molecule is CCOC(=O)C1=C(COC(=O)c2sc(-c3cccs3)nc2C)NC(=O)NC1c1cccs1. The van der Waals surface area contributed by atoms with Crippen molar-refractivity contribution in [1.29, 1.82) is 0 Å². The molecule has 1 aliphatic rings. The van der Waals surface area contributed by atoms with Crippen LogP contribution < -0.4 is 10.6 Å². The Kier molecular flexibility index (Phi) is 6.68. The number of aromatic nitrogens is 1. The number of urea groups is 1. The molecule has 0 saturated carbocycles. The van der Waals surface area contributed by atoms with Gasteiger partial charge in [0.2, 0.25) is 0 Å². The van der Waals surface area contributed by atoms with Crippen LogP contribution in [0.3, 0.4) is 0 Å². The van der Waals surface area contributed by atoms with Crippen molar-refractivity contribution < 1.29 is 23.9 Å². The molecular weight excluding hydrogens is 470 g/mol. The van der Waals surface area contributed by atoms with E-state index < -0.39 is 24.0 Å². The fourth-order valence-corrected chi connectivity index (χ4v) is 5.69. The Morgan fingerprint density at radius 1 is 1.12 bits per heavy atom. The summed E-state index contributed by atoms with van der Waals surface area (Å²) in [5, 5.41) is 9.86. The second-order valence-corrected chi connectivity index (χ2v) is 9.57. The zero-order valence-electron chi connectivity index (χ0n) is 17.2. The molecule has 8 nitrogen and oxygen atoms in total. The number of carbonyl (C=O) groups excluding carboxylic acids is 3. The number of carbonyl (C=O) groups is 3. The van der Waals surface area contributed by atoms with Gasteiger partial charge in [0.25, 0.3) is 0 Å². The summed E-state index contributed by atoms with van der Waals surface area (Å²) in [5.74, 6) is -1.16. The van der Waals surface area contributed by atoms with Gasteiger partial charge in [0.05, 0.1) is 34.5 Å². The van der Waals surface area contributed by atoms with Crippen molar-refractivity contribution in [2.24, 2.45) is 0 Å². The van der Waals surface area contributed by atoms with E-state index >= 15 is 0 Å². The first-order chi connectivity index (χ1) is 15.5. The maximum atomic E-state index is 12.8. The molecule has 3 aromatic rings. The highest BCUT2D eigenvalue weighted by Crippen LogP contribution is 2.33. The van der Waals surface area contributed by atoms with Crippen molar-refractivity contribution in [3.63, 3.8) is 0 Å². The average molecular weight is 490 g/mol. The van der Waals surface area contributed by atoms with E-state index in [2.05, 4.69) is 15.6 Å². The normalized spacial score (nSPS) is 15.8. The molecule has 0 saturated heterocycles. The van der Waals surface area contributed by atoms with Gasteiger partial charge in [0, 0.05) is 4.88 Å². The average Bonchev–Trinajstić information content (AvgIpc) is 3.53. The summed E-state index contributed by atoms with van der Waals surface area (Å²) in [7, 11) is 0. The molecule has 11 heteroatoms. The van der Waals surface area contributed by atoms with E-state index in [0.717, 1.165) is 14.8 Å². The number of nitrogens with one attached hydrogen (secondary N) is 2. The predicted octanol–water partition coefficient (Wildman–Crippen LogP) is 4.27. The Balaban J connectivity index is 1.59. The van der Waals surface area contributed by atoms with Crippen molar-refractivity contribution in [2.75, 3.05) is 13.2 Å². The van der Waals surface area contributed by atoms with Crippen LogP contribution in [-0.4, -0.2) is 36.2 Å². The van der Waals surface area contributed by atoms with Crippen LogP contribution in [0.15, 0.2) is 46.3 Å². The van der Waals surface area contributed by atoms with Crippen LogP contribution in [0.1, 0.15) is 33.2 Å². The van der Waals surface area contributed by atoms with Gasteiger partial charge in [-0.05, 0) is 36.7 Å². The number of thiazole rings is 1. The lowest BCUT2D eigenvalue weighted by Gasteiger charge is -2.28. The summed E-state index contributed by atoms with van der Waals surface area (Å²) < 4.78 is 10.7. The lowest BCUT2D eigenvalue weighted by atomic mass is 10.0. The molecule has 1 unspecified atom stereocenters. The third kappa shape index (κ3) is 4.59. The van der Waals surface area contributed by atoms with Gasteiger partial charge in [0.15, 0.2) is 0 Å². The minimum Gasteiger partial charge on any atom is -0.463 e. The highest BCUT2D eigenvalue weighted by molar-refractivity contribution is 7.22. The molecule has 1 aliphatic heterocycles. The first kappa shape index (κ1) is 22.2. The van der Waals surface area contributed by atoms with Gasteiger partial charge >= 0.3 is 18.0 Å². The monoisotopic (exact) mass is 489 g/mol. The zero-order chi connectivity index (χ0) is 22.7. The second kappa shape index (κ2) is 9.63. The fraction of sp³-hybridized carbons (Fsp3) is 0.238. The molecule has 0 bridgehead atoms. The molecule has 4 heterocycles. The number of hydrogen-bond acceptors (Lipinski definition) is 9. The van der Waals surface area contributed by atoms with Gasteiger partial charge < -0.3 is 20.1 Å². The summed E-state index contributed by atoms with van der Waals surface area (Å²) in [4.78, 5) is 44.3. The summed E-state index contributed by atoms with van der Waals surface area (Å²) >= 11 is 4.18. The van der Waals surface area contributed by atoms with Gasteiger partial charge in [-0.25, -0.2) is 19.4 Å². The van der Waals surface area contributed by atoms with Gasteiger partial charge in [-0.2, -0.15) is 0 Å². The molecular formula is C21H19N3O5S3.